The van der Waals surface area contributed by atoms with Crippen molar-refractivity contribution in [3.05, 3.63) is 80.7 Å². The third-order valence-electron chi connectivity index (χ3n) is 6.08. The van der Waals surface area contributed by atoms with E-state index in [-0.39, 0.29) is 5.63 Å². The van der Waals surface area contributed by atoms with Crippen LogP contribution in [0.25, 0.3) is 11.0 Å². The molecule has 0 radical (unpaired) electrons. The van der Waals surface area contributed by atoms with Crippen LogP contribution in [0.3, 0.4) is 0 Å². The van der Waals surface area contributed by atoms with Crippen LogP contribution in [0, 0.1) is 25.2 Å². The number of hydrogen-bond acceptors (Lipinski definition) is 5. The van der Waals surface area contributed by atoms with Gasteiger partial charge in [0.25, 0.3) is 0 Å². The molecule has 0 bridgehead atoms. The largest absolute Gasteiger partial charge is 0.422 e. The molecule has 154 valence electrons. The Hall–Kier alpha value is -2.94. The summed E-state index contributed by atoms with van der Waals surface area (Å²) in [6.07, 6.45) is 1.09. The van der Waals surface area contributed by atoms with Crippen LogP contribution in [0.5, 0.6) is 0 Å². The predicted molar refractivity (Wildman–Crippen MR) is 118 cm³/mol. The van der Waals surface area contributed by atoms with E-state index >= 15 is 0 Å². The molecule has 3 aromatic rings. The molecule has 5 nitrogen and oxygen atoms in total. The Kier molecular flexibility index (Phi) is 5.98. The average Bonchev–Trinajstić information content (AvgIpc) is 2.96. The molecule has 0 saturated carbocycles. The molecule has 2 aromatic carbocycles. The monoisotopic (exact) mass is 401 g/mol. The average molecular weight is 402 g/mol. The van der Waals surface area contributed by atoms with E-state index in [0.717, 1.165) is 73.3 Å². The Labute approximate surface area is 177 Å². The Morgan fingerprint density at radius 2 is 1.67 bits per heavy atom. The summed E-state index contributed by atoms with van der Waals surface area (Å²) in [7, 11) is 0. The molecule has 30 heavy (non-hydrogen) atoms. The molecule has 0 amide bonds. The van der Waals surface area contributed by atoms with Crippen LogP contribution >= 0.6 is 0 Å². The highest BCUT2D eigenvalue weighted by Crippen LogP contribution is 2.24. The van der Waals surface area contributed by atoms with Gasteiger partial charge in [0.05, 0.1) is 11.6 Å². The van der Waals surface area contributed by atoms with Crippen molar-refractivity contribution in [2.75, 3.05) is 26.2 Å². The van der Waals surface area contributed by atoms with E-state index in [1.807, 2.05) is 38.1 Å². The molecule has 1 saturated heterocycles. The first-order chi connectivity index (χ1) is 14.5. The summed E-state index contributed by atoms with van der Waals surface area (Å²) in [6.45, 7) is 9.71. The van der Waals surface area contributed by atoms with Crippen LogP contribution in [0.15, 0.2) is 51.7 Å². The lowest BCUT2D eigenvalue weighted by atomic mass is 10.0. The lowest BCUT2D eigenvalue weighted by Crippen LogP contribution is -2.30. The predicted octanol–water partition coefficient (Wildman–Crippen LogP) is 3.99. The first-order valence-electron chi connectivity index (χ1n) is 10.5. The van der Waals surface area contributed by atoms with Crippen molar-refractivity contribution in [1.82, 2.24) is 9.80 Å². The molecule has 0 spiro atoms. The van der Waals surface area contributed by atoms with Crippen LogP contribution in [-0.4, -0.2) is 36.0 Å². The molecule has 2 heterocycles. The summed E-state index contributed by atoms with van der Waals surface area (Å²) in [5, 5.41) is 10.00. The number of rotatable bonds is 4. The molecule has 0 unspecified atom stereocenters. The summed E-state index contributed by atoms with van der Waals surface area (Å²) < 4.78 is 5.53. The highest BCUT2D eigenvalue weighted by atomic mass is 16.4. The lowest BCUT2D eigenvalue weighted by molar-refractivity contribution is 0.247. The van der Waals surface area contributed by atoms with E-state index < -0.39 is 0 Å². The van der Waals surface area contributed by atoms with Gasteiger partial charge in [0, 0.05) is 37.6 Å². The van der Waals surface area contributed by atoms with Crippen molar-refractivity contribution in [3.63, 3.8) is 0 Å². The molecule has 1 aromatic heterocycles. The molecular weight excluding hydrogens is 374 g/mol. The SMILES string of the molecule is Cc1ccc2c(CN3CCCN(Cc4ccc(C#N)cc4)CC3)cc(=O)oc2c1C. The molecule has 1 aliphatic rings. The van der Waals surface area contributed by atoms with E-state index in [0.29, 0.717) is 5.56 Å². The Morgan fingerprint density at radius 1 is 0.967 bits per heavy atom. The second kappa shape index (κ2) is 8.83. The summed E-state index contributed by atoms with van der Waals surface area (Å²) >= 11 is 0. The van der Waals surface area contributed by atoms with E-state index in [9.17, 15) is 4.79 Å². The fraction of sp³-hybridized carbons (Fsp3) is 0.360. The zero-order chi connectivity index (χ0) is 21.1. The van der Waals surface area contributed by atoms with Crippen molar-refractivity contribution in [3.8, 4) is 6.07 Å². The molecule has 4 rings (SSSR count). The van der Waals surface area contributed by atoms with Gasteiger partial charge in [-0.25, -0.2) is 4.79 Å². The van der Waals surface area contributed by atoms with Crippen LogP contribution in [-0.2, 0) is 13.1 Å². The first kappa shape index (κ1) is 20.3. The van der Waals surface area contributed by atoms with Gasteiger partial charge in [0.1, 0.15) is 5.58 Å². The van der Waals surface area contributed by atoms with Gasteiger partial charge in [-0.2, -0.15) is 5.26 Å². The number of fused-ring (bicyclic) bond motifs is 1. The number of nitriles is 1. The van der Waals surface area contributed by atoms with Gasteiger partial charge in [-0.3, -0.25) is 9.80 Å². The number of benzene rings is 2. The van der Waals surface area contributed by atoms with Crippen LogP contribution in [0.4, 0.5) is 0 Å². The lowest BCUT2D eigenvalue weighted by Gasteiger charge is -2.22. The minimum Gasteiger partial charge on any atom is -0.422 e. The summed E-state index contributed by atoms with van der Waals surface area (Å²) in [4.78, 5) is 17.1. The van der Waals surface area contributed by atoms with Crippen molar-refractivity contribution >= 4 is 11.0 Å². The first-order valence-corrected chi connectivity index (χ1v) is 10.5. The van der Waals surface area contributed by atoms with Crippen molar-refractivity contribution in [2.45, 2.75) is 33.4 Å². The molecule has 0 aliphatic carbocycles. The standard InChI is InChI=1S/C25H27N3O2/c1-18-4-9-23-22(14-24(29)30-25(23)19(18)2)17-28-11-3-10-27(12-13-28)16-21-7-5-20(15-26)6-8-21/h4-9,14H,3,10-13,16-17H2,1-2H3. The van der Waals surface area contributed by atoms with Gasteiger partial charge in [0.15, 0.2) is 0 Å². The van der Waals surface area contributed by atoms with E-state index in [4.69, 9.17) is 9.68 Å². The maximum absolute atomic E-state index is 12.2. The minimum absolute atomic E-state index is 0.275. The number of hydrogen-bond donors (Lipinski definition) is 0. The van der Waals surface area contributed by atoms with Crippen molar-refractivity contribution in [1.29, 1.82) is 5.26 Å². The van der Waals surface area contributed by atoms with Crippen LogP contribution in [0.1, 0.15) is 34.2 Å². The van der Waals surface area contributed by atoms with E-state index in [1.165, 1.54) is 5.56 Å². The Balaban J connectivity index is 1.46. The summed E-state index contributed by atoms with van der Waals surface area (Å²) in [6, 6.07) is 15.8. The number of aryl methyl sites for hydroxylation is 2. The molecule has 1 aliphatic heterocycles. The second-order valence-electron chi connectivity index (χ2n) is 8.19. The van der Waals surface area contributed by atoms with Gasteiger partial charge < -0.3 is 4.42 Å². The van der Waals surface area contributed by atoms with E-state index in [1.54, 1.807) is 6.07 Å². The van der Waals surface area contributed by atoms with Crippen LogP contribution < -0.4 is 5.63 Å². The third kappa shape index (κ3) is 4.46. The zero-order valence-corrected chi connectivity index (χ0v) is 17.6. The quantitative estimate of drug-likeness (QED) is 0.619. The van der Waals surface area contributed by atoms with Gasteiger partial charge >= 0.3 is 5.63 Å². The van der Waals surface area contributed by atoms with Gasteiger partial charge in [-0.15, -0.1) is 0 Å². The Morgan fingerprint density at radius 3 is 2.37 bits per heavy atom. The Bertz CT molecular complexity index is 1140. The van der Waals surface area contributed by atoms with E-state index in [2.05, 4.69) is 28.0 Å². The van der Waals surface area contributed by atoms with Crippen molar-refractivity contribution < 1.29 is 4.42 Å². The highest BCUT2D eigenvalue weighted by molar-refractivity contribution is 5.83. The van der Waals surface area contributed by atoms with Gasteiger partial charge in [-0.1, -0.05) is 24.3 Å². The fourth-order valence-electron chi connectivity index (χ4n) is 4.18. The topological polar surface area (TPSA) is 60.5 Å². The summed E-state index contributed by atoms with van der Waals surface area (Å²) in [5.74, 6) is 0. The van der Waals surface area contributed by atoms with Gasteiger partial charge in [0.2, 0.25) is 0 Å². The summed E-state index contributed by atoms with van der Waals surface area (Å²) in [5.41, 5.74) is 5.60. The number of nitrogens with zero attached hydrogens (tertiary/aromatic N) is 3. The molecule has 0 N–H and O–H groups in total. The molecule has 1 fully saturated rings. The smallest absolute Gasteiger partial charge is 0.336 e. The highest BCUT2D eigenvalue weighted by Gasteiger charge is 2.17. The third-order valence-corrected chi connectivity index (χ3v) is 6.08. The van der Waals surface area contributed by atoms with Gasteiger partial charge in [-0.05, 0) is 67.7 Å². The van der Waals surface area contributed by atoms with Crippen LogP contribution in [0.2, 0.25) is 0 Å². The molecule has 5 heteroatoms. The minimum atomic E-state index is -0.275. The normalized spacial score (nSPS) is 15.8. The molecule has 0 atom stereocenters. The zero-order valence-electron chi connectivity index (χ0n) is 17.6. The maximum Gasteiger partial charge on any atom is 0.336 e. The van der Waals surface area contributed by atoms with Crippen molar-refractivity contribution in [2.24, 2.45) is 0 Å². The fourth-order valence-corrected chi connectivity index (χ4v) is 4.18. The second-order valence-corrected chi connectivity index (χ2v) is 8.19. The maximum atomic E-state index is 12.2. The molecular formula is C25H27N3O2.